The molecule has 0 bridgehead atoms. The first kappa shape index (κ1) is 19.3. The second kappa shape index (κ2) is 7.62. The molecule has 0 saturated heterocycles. The van der Waals surface area contributed by atoms with Crippen molar-refractivity contribution in [1.29, 1.82) is 0 Å². The van der Waals surface area contributed by atoms with E-state index in [-0.39, 0.29) is 21.2 Å². The van der Waals surface area contributed by atoms with E-state index < -0.39 is 11.5 Å². The number of carbonyl (C=O) groups excluding carboxylic acids is 1. The van der Waals surface area contributed by atoms with Crippen molar-refractivity contribution in [2.45, 2.75) is 20.8 Å². The van der Waals surface area contributed by atoms with Crippen LogP contribution in [0.1, 0.15) is 28.4 Å². The normalized spacial score (nSPS) is 10.9. The standard InChI is InChI=1S/C20H17Cl2NO4/c1-4-26-16-9-14(21)17(22)12-8-13(20(25)27-18(12)16)19(24)23-15-7-5-6-10(2)11(15)3/h5-9H,4H2,1-3H3,(H,23,24). The number of hydrogen-bond donors (Lipinski definition) is 1. The van der Waals surface area contributed by atoms with E-state index in [9.17, 15) is 9.59 Å². The molecule has 3 aromatic rings. The van der Waals surface area contributed by atoms with E-state index in [0.717, 1.165) is 11.1 Å². The van der Waals surface area contributed by atoms with Gasteiger partial charge in [-0.2, -0.15) is 0 Å². The summed E-state index contributed by atoms with van der Waals surface area (Å²) >= 11 is 12.4. The summed E-state index contributed by atoms with van der Waals surface area (Å²) in [5.74, 6) is -0.297. The molecule has 3 rings (SSSR count). The molecule has 0 radical (unpaired) electrons. The van der Waals surface area contributed by atoms with Crippen molar-refractivity contribution < 1.29 is 13.9 Å². The van der Waals surface area contributed by atoms with Crippen LogP contribution in [0.2, 0.25) is 10.0 Å². The van der Waals surface area contributed by atoms with Crippen molar-refractivity contribution in [2.24, 2.45) is 0 Å². The molecule has 0 aliphatic rings. The molecule has 7 heteroatoms. The van der Waals surface area contributed by atoms with Crippen LogP contribution in [0.15, 0.2) is 39.5 Å². The summed E-state index contributed by atoms with van der Waals surface area (Å²) in [5, 5.41) is 3.49. The van der Waals surface area contributed by atoms with Crippen molar-refractivity contribution in [3.63, 3.8) is 0 Å². The molecular formula is C20H17Cl2NO4. The highest BCUT2D eigenvalue weighted by atomic mass is 35.5. The fourth-order valence-electron chi connectivity index (χ4n) is 2.69. The molecule has 0 aliphatic heterocycles. The Morgan fingerprint density at radius 1 is 1.22 bits per heavy atom. The van der Waals surface area contributed by atoms with Crippen molar-refractivity contribution in [1.82, 2.24) is 0 Å². The lowest BCUT2D eigenvalue weighted by molar-refractivity contribution is 0.102. The molecule has 5 nitrogen and oxygen atoms in total. The van der Waals surface area contributed by atoms with Crippen molar-refractivity contribution in [3.05, 3.63) is 67.5 Å². The predicted molar refractivity (Wildman–Crippen MR) is 108 cm³/mol. The molecule has 2 aromatic carbocycles. The Balaban J connectivity index is 2.11. The van der Waals surface area contributed by atoms with Crippen molar-refractivity contribution in [3.8, 4) is 5.75 Å². The maximum Gasteiger partial charge on any atom is 0.349 e. The Labute approximate surface area is 165 Å². The van der Waals surface area contributed by atoms with Crippen LogP contribution in [0.25, 0.3) is 11.0 Å². The molecule has 1 heterocycles. The largest absolute Gasteiger partial charge is 0.490 e. The average molecular weight is 406 g/mol. The Hall–Kier alpha value is -2.50. The molecule has 140 valence electrons. The minimum Gasteiger partial charge on any atom is -0.490 e. The molecule has 0 unspecified atom stereocenters. The third-order valence-electron chi connectivity index (χ3n) is 4.27. The maximum atomic E-state index is 12.7. The van der Waals surface area contributed by atoms with Crippen LogP contribution in [0.3, 0.4) is 0 Å². The summed E-state index contributed by atoms with van der Waals surface area (Å²) in [5.41, 5.74) is 1.75. The van der Waals surface area contributed by atoms with E-state index >= 15 is 0 Å². The minimum absolute atomic E-state index is 0.152. The first-order valence-electron chi connectivity index (χ1n) is 8.29. The van der Waals surface area contributed by atoms with Gasteiger partial charge < -0.3 is 14.5 Å². The number of anilines is 1. The number of rotatable bonds is 4. The van der Waals surface area contributed by atoms with Gasteiger partial charge >= 0.3 is 5.63 Å². The molecule has 1 N–H and O–H groups in total. The van der Waals surface area contributed by atoms with Gasteiger partial charge in [0, 0.05) is 17.1 Å². The predicted octanol–water partition coefficient (Wildman–Crippen LogP) is 5.37. The zero-order valence-corrected chi connectivity index (χ0v) is 16.5. The lowest BCUT2D eigenvalue weighted by atomic mass is 10.1. The molecule has 1 amide bonds. The highest BCUT2D eigenvalue weighted by Crippen LogP contribution is 2.37. The number of halogens is 2. The monoisotopic (exact) mass is 405 g/mol. The molecule has 0 fully saturated rings. The topological polar surface area (TPSA) is 68.5 Å². The quantitative estimate of drug-likeness (QED) is 0.592. The lowest BCUT2D eigenvalue weighted by Gasteiger charge is -2.12. The average Bonchev–Trinajstić information content (AvgIpc) is 2.63. The fraction of sp³-hybridized carbons (Fsp3) is 0.200. The van der Waals surface area contributed by atoms with Gasteiger partial charge in [-0.1, -0.05) is 35.3 Å². The van der Waals surface area contributed by atoms with Gasteiger partial charge in [0.2, 0.25) is 0 Å². The molecule has 0 aliphatic carbocycles. The molecule has 0 spiro atoms. The summed E-state index contributed by atoms with van der Waals surface area (Å²) in [6, 6.07) is 8.38. The number of nitrogens with one attached hydrogen (secondary N) is 1. The van der Waals surface area contributed by atoms with Gasteiger partial charge in [-0.25, -0.2) is 4.79 Å². The van der Waals surface area contributed by atoms with Crippen LogP contribution in [-0.4, -0.2) is 12.5 Å². The number of amides is 1. The first-order valence-corrected chi connectivity index (χ1v) is 9.05. The van der Waals surface area contributed by atoms with Crippen molar-refractivity contribution >= 4 is 45.8 Å². The van der Waals surface area contributed by atoms with E-state index in [1.807, 2.05) is 26.0 Å². The van der Waals surface area contributed by atoms with E-state index in [0.29, 0.717) is 23.4 Å². The van der Waals surface area contributed by atoms with Gasteiger partial charge in [0.05, 0.1) is 16.7 Å². The minimum atomic E-state index is -0.787. The van der Waals surface area contributed by atoms with Gasteiger partial charge in [0.25, 0.3) is 5.91 Å². The highest BCUT2D eigenvalue weighted by Gasteiger charge is 2.20. The summed E-state index contributed by atoms with van der Waals surface area (Å²) in [6.07, 6.45) is 0. The Bertz CT molecular complexity index is 1110. The maximum absolute atomic E-state index is 12.7. The van der Waals surface area contributed by atoms with Gasteiger partial charge in [0.15, 0.2) is 11.3 Å². The SMILES string of the molecule is CCOc1cc(Cl)c(Cl)c2cc(C(=O)Nc3cccc(C)c3C)c(=O)oc12. The van der Waals surface area contributed by atoms with Crippen molar-refractivity contribution in [2.75, 3.05) is 11.9 Å². The lowest BCUT2D eigenvalue weighted by Crippen LogP contribution is -2.21. The summed E-state index contributed by atoms with van der Waals surface area (Å²) < 4.78 is 10.8. The van der Waals surface area contributed by atoms with Gasteiger partial charge in [-0.15, -0.1) is 0 Å². The summed E-state index contributed by atoms with van der Waals surface area (Å²) in [4.78, 5) is 25.1. The van der Waals surface area contributed by atoms with Crippen LogP contribution < -0.4 is 15.7 Å². The van der Waals surface area contributed by atoms with E-state index in [2.05, 4.69) is 5.32 Å². The summed E-state index contributed by atoms with van der Waals surface area (Å²) in [7, 11) is 0. The number of ether oxygens (including phenoxy) is 1. The molecule has 27 heavy (non-hydrogen) atoms. The van der Waals surface area contributed by atoms with Gasteiger partial charge in [0.1, 0.15) is 5.56 Å². The van der Waals surface area contributed by atoms with E-state index in [1.165, 1.54) is 12.1 Å². The van der Waals surface area contributed by atoms with Crippen LogP contribution >= 0.6 is 23.2 Å². The number of benzene rings is 2. The fourth-order valence-corrected chi connectivity index (χ4v) is 3.08. The zero-order chi connectivity index (χ0) is 19.7. The zero-order valence-electron chi connectivity index (χ0n) is 15.0. The smallest absolute Gasteiger partial charge is 0.349 e. The van der Waals surface area contributed by atoms with E-state index in [4.69, 9.17) is 32.4 Å². The molecular weight excluding hydrogens is 389 g/mol. The highest BCUT2D eigenvalue weighted by molar-refractivity contribution is 6.45. The molecule has 0 saturated carbocycles. The van der Waals surface area contributed by atoms with Crippen LogP contribution in [0, 0.1) is 13.8 Å². The Morgan fingerprint density at radius 2 is 1.96 bits per heavy atom. The second-order valence-corrected chi connectivity index (χ2v) is 6.78. The molecule has 1 aromatic heterocycles. The number of aryl methyl sites for hydroxylation is 1. The molecule has 0 atom stereocenters. The Morgan fingerprint density at radius 3 is 2.67 bits per heavy atom. The number of fused-ring (bicyclic) bond motifs is 1. The van der Waals surface area contributed by atoms with Crippen LogP contribution in [0.5, 0.6) is 5.75 Å². The van der Waals surface area contributed by atoms with Gasteiger partial charge in [-0.3, -0.25) is 4.79 Å². The second-order valence-electron chi connectivity index (χ2n) is 6.00. The van der Waals surface area contributed by atoms with Crippen LogP contribution in [0.4, 0.5) is 5.69 Å². The van der Waals surface area contributed by atoms with E-state index in [1.54, 1.807) is 13.0 Å². The summed E-state index contributed by atoms with van der Waals surface area (Å²) in [6.45, 7) is 5.97. The number of carbonyl (C=O) groups is 1. The van der Waals surface area contributed by atoms with Crippen LogP contribution in [-0.2, 0) is 0 Å². The number of hydrogen-bond acceptors (Lipinski definition) is 4. The third kappa shape index (κ3) is 3.66. The third-order valence-corrected chi connectivity index (χ3v) is 5.08. The van der Waals surface area contributed by atoms with Gasteiger partial charge in [-0.05, 0) is 44.0 Å². The Kier molecular flexibility index (Phi) is 5.44. The first-order chi connectivity index (χ1) is 12.8.